The minimum atomic E-state index is -0.00730. The Morgan fingerprint density at radius 2 is 1.94 bits per heavy atom. The van der Waals surface area contributed by atoms with E-state index in [0.29, 0.717) is 0 Å². The number of carbonyl (C=O) groups excluding carboxylic acids is 1. The molecule has 0 aliphatic carbocycles. The second-order valence-corrected chi connectivity index (χ2v) is 5.84. The Labute approximate surface area is 110 Å². The standard InChI is InChI=1S/C14H13ClOS/c1-10(9-12-7-8-13(15)17-12)14(16)11-5-3-2-4-6-11/h2-8,10H,9H2,1H3. The van der Waals surface area contributed by atoms with Gasteiger partial charge in [-0.25, -0.2) is 0 Å². The largest absolute Gasteiger partial charge is 0.294 e. The number of rotatable bonds is 4. The average Bonchev–Trinajstić information content (AvgIpc) is 2.75. The number of hydrogen-bond donors (Lipinski definition) is 0. The zero-order valence-corrected chi connectivity index (χ0v) is 11.1. The van der Waals surface area contributed by atoms with Crippen molar-refractivity contribution in [2.45, 2.75) is 13.3 Å². The summed E-state index contributed by atoms with van der Waals surface area (Å²) < 4.78 is 0.777. The van der Waals surface area contributed by atoms with Crippen LogP contribution in [-0.2, 0) is 6.42 Å². The lowest BCUT2D eigenvalue weighted by Crippen LogP contribution is -2.13. The highest BCUT2D eigenvalue weighted by Crippen LogP contribution is 2.24. The molecular weight excluding hydrogens is 252 g/mol. The van der Waals surface area contributed by atoms with Crippen LogP contribution in [0, 0.1) is 5.92 Å². The van der Waals surface area contributed by atoms with Gasteiger partial charge in [-0.2, -0.15) is 0 Å². The number of thiophene rings is 1. The molecular formula is C14H13ClOS. The van der Waals surface area contributed by atoms with Gasteiger partial charge >= 0.3 is 0 Å². The number of halogens is 1. The average molecular weight is 265 g/mol. The molecule has 2 rings (SSSR count). The molecule has 0 aliphatic rings. The SMILES string of the molecule is CC(Cc1ccc(Cl)s1)C(=O)c1ccccc1. The van der Waals surface area contributed by atoms with E-state index in [0.717, 1.165) is 21.2 Å². The van der Waals surface area contributed by atoms with Crippen molar-refractivity contribution in [3.05, 3.63) is 57.2 Å². The minimum absolute atomic E-state index is 0.00730. The second-order valence-electron chi connectivity index (χ2n) is 4.04. The summed E-state index contributed by atoms with van der Waals surface area (Å²) in [6, 6.07) is 13.3. The third-order valence-electron chi connectivity index (χ3n) is 2.64. The van der Waals surface area contributed by atoms with Gasteiger partial charge in [-0.1, -0.05) is 48.9 Å². The molecule has 1 nitrogen and oxygen atoms in total. The van der Waals surface area contributed by atoms with E-state index in [1.54, 1.807) is 11.3 Å². The van der Waals surface area contributed by atoms with Gasteiger partial charge < -0.3 is 0 Å². The molecule has 0 fully saturated rings. The maximum atomic E-state index is 12.1. The third-order valence-corrected chi connectivity index (χ3v) is 3.90. The molecule has 1 heterocycles. The summed E-state index contributed by atoms with van der Waals surface area (Å²) in [5, 5.41) is 0. The van der Waals surface area contributed by atoms with Gasteiger partial charge in [0.05, 0.1) is 4.34 Å². The summed E-state index contributed by atoms with van der Waals surface area (Å²) in [7, 11) is 0. The summed E-state index contributed by atoms with van der Waals surface area (Å²) in [5.41, 5.74) is 0.780. The molecule has 1 unspecified atom stereocenters. The van der Waals surface area contributed by atoms with E-state index in [1.165, 1.54) is 0 Å². The van der Waals surface area contributed by atoms with Gasteiger partial charge in [-0.15, -0.1) is 11.3 Å². The van der Waals surface area contributed by atoms with Crippen molar-refractivity contribution in [2.75, 3.05) is 0 Å². The summed E-state index contributed by atoms with van der Waals surface area (Å²) in [5.74, 6) is 0.183. The number of ketones is 1. The first-order valence-electron chi connectivity index (χ1n) is 5.50. The fraction of sp³-hybridized carbons (Fsp3) is 0.214. The summed E-state index contributed by atoms with van der Waals surface area (Å²) in [6.07, 6.45) is 0.755. The Hall–Kier alpha value is -1.12. The molecule has 1 aromatic heterocycles. The molecule has 0 amide bonds. The molecule has 0 aliphatic heterocycles. The van der Waals surface area contributed by atoms with E-state index in [1.807, 2.05) is 49.4 Å². The summed E-state index contributed by atoms with van der Waals surface area (Å²) >= 11 is 7.42. The van der Waals surface area contributed by atoms with E-state index in [9.17, 15) is 4.79 Å². The van der Waals surface area contributed by atoms with E-state index >= 15 is 0 Å². The van der Waals surface area contributed by atoms with Crippen LogP contribution in [0.4, 0.5) is 0 Å². The van der Waals surface area contributed by atoms with Crippen molar-refractivity contribution < 1.29 is 4.79 Å². The molecule has 0 radical (unpaired) electrons. The van der Waals surface area contributed by atoms with Gasteiger partial charge in [0.15, 0.2) is 5.78 Å². The first-order valence-corrected chi connectivity index (χ1v) is 6.70. The Bertz CT molecular complexity index is 504. The Balaban J connectivity index is 2.06. The molecule has 0 saturated carbocycles. The van der Waals surface area contributed by atoms with Crippen molar-refractivity contribution in [1.82, 2.24) is 0 Å². The Kier molecular flexibility index (Phi) is 3.97. The van der Waals surface area contributed by atoms with Crippen LogP contribution in [0.1, 0.15) is 22.2 Å². The highest BCUT2D eigenvalue weighted by molar-refractivity contribution is 7.16. The van der Waals surface area contributed by atoms with Crippen LogP contribution >= 0.6 is 22.9 Å². The number of carbonyl (C=O) groups is 1. The predicted molar refractivity (Wildman–Crippen MR) is 73.0 cm³/mol. The number of benzene rings is 1. The normalized spacial score (nSPS) is 12.4. The van der Waals surface area contributed by atoms with Crippen LogP contribution in [0.25, 0.3) is 0 Å². The van der Waals surface area contributed by atoms with Crippen LogP contribution in [0.3, 0.4) is 0 Å². The number of hydrogen-bond acceptors (Lipinski definition) is 2. The Morgan fingerprint density at radius 1 is 1.24 bits per heavy atom. The smallest absolute Gasteiger partial charge is 0.166 e. The lowest BCUT2D eigenvalue weighted by Gasteiger charge is -2.08. The molecule has 2 aromatic rings. The van der Waals surface area contributed by atoms with Crippen molar-refractivity contribution in [3.8, 4) is 0 Å². The van der Waals surface area contributed by atoms with Gasteiger partial charge in [0.1, 0.15) is 0 Å². The monoisotopic (exact) mass is 264 g/mol. The van der Waals surface area contributed by atoms with Gasteiger partial charge in [-0.3, -0.25) is 4.79 Å². The lowest BCUT2D eigenvalue weighted by atomic mass is 9.96. The van der Waals surface area contributed by atoms with Crippen molar-refractivity contribution in [3.63, 3.8) is 0 Å². The fourth-order valence-electron chi connectivity index (χ4n) is 1.74. The zero-order valence-electron chi connectivity index (χ0n) is 9.52. The van der Waals surface area contributed by atoms with E-state index in [4.69, 9.17) is 11.6 Å². The molecule has 0 saturated heterocycles. The lowest BCUT2D eigenvalue weighted by molar-refractivity contribution is 0.0930. The fourth-order valence-corrected chi connectivity index (χ4v) is 2.96. The maximum Gasteiger partial charge on any atom is 0.166 e. The summed E-state index contributed by atoms with van der Waals surface area (Å²) in [6.45, 7) is 1.96. The first-order chi connectivity index (χ1) is 8.16. The second kappa shape index (κ2) is 5.48. The van der Waals surface area contributed by atoms with Gasteiger partial charge in [0, 0.05) is 16.4 Å². The number of Topliss-reactive ketones (excluding diaryl/α,β-unsaturated/α-hetero) is 1. The summed E-state index contributed by atoms with van der Waals surface area (Å²) in [4.78, 5) is 13.3. The molecule has 1 aromatic carbocycles. The minimum Gasteiger partial charge on any atom is -0.294 e. The van der Waals surface area contributed by atoms with E-state index < -0.39 is 0 Å². The predicted octanol–water partition coefficient (Wildman–Crippen LogP) is 4.46. The van der Waals surface area contributed by atoms with Crippen LogP contribution < -0.4 is 0 Å². The van der Waals surface area contributed by atoms with E-state index in [-0.39, 0.29) is 11.7 Å². The molecule has 0 N–H and O–H groups in total. The van der Waals surface area contributed by atoms with E-state index in [2.05, 4.69) is 0 Å². The van der Waals surface area contributed by atoms with Crippen molar-refractivity contribution in [2.24, 2.45) is 5.92 Å². The quantitative estimate of drug-likeness (QED) is 0.745. The Morgan fingerprint density at radius 3 is 2.53 bits per heavy atom. The third kappa shape index (κ3) is 3.18. The molecule has 0 spiro atoms. The van der Waals surface area contributed by atoms with Gasteiger partial charge in [-0.05, 0) is 18.6 Å². The first kappa shape index (κ1) is 12.3. The molecule has 17 heavy (non-hydrogen) atoms. The topological polar surface area (TPSA) is 17.1 Å². The molecule has 3 heteroatoms. The van der Waals surface area contributed by atoms with Gasteiger partial charge in [0.25, 0.3) is 0 Å². The maximum absolute atomic E-state index is 12.1. The highest BCUT2D eigenvalue weighted by atomic mass is 35.5. The highest BCUT2D eigenvalue weighted by Gasteiger charge is 2.16. The molecule has 88 valence electrons. The molecule has 1 atom stereocenters. The van der Waals surface area contributed by atoms with Crippen molar-refractivity contribution >= 4 is 28.7 Å². The van der Waals surface area contributed by atoms with Crippen LogP contribution in [0.5, 0.6) is 0 Å². The van der Waals surface area contributed by atoms with Crippen LogP contribution in [-0.4, -0.2) is 5.78 Å². The van der Waals surface area contributed by atoms with Crippen molar-refractivity contribution in [1.29, 1.82) is 0 Å². The van der Waals surface area contributed by atoms with Gasteiger partial charge in [0.2, 0.25) is 0 Å². The zero-order chi connectivity index (χ0) is 12.3. The van der Waals surface area contributed by atoms with Crippen LogP contribution in [0.2, 0.25) is 4.34 Å². The van der Waals surface area contributed by atoms with Crippen LogP contribution in [0.15, 0.2) is 42.5 Å². The molecule has 0 bridgehead atoms.